The van der Waals surface area contributed by atoms with Gasteiger partial charge in [0, 0.05) is 68.8 Å². The molecule has 0 unspecified atom stereocenters. The maximum atomic E-state index is 12.7. The molecule has 0 amide bonds. The van der Waals surface area contributed by atoms with Gasteiger partial charge in [0.25, 0.3) is 0 Å². The highest BCUT2D eigenvalue weighted by Gasteiger charge is 2.33. The number of carbonyl (C=O) groups is 6. The summed E-state index contributed by atoms with van der Waals surface area (Å²) in [7, 11) is 0. The fourth-order valence-electron chi connectivity index (χ4n) is 6.80. The summed E-state index contributed by atoms with van der Waals surface area (Å²) >= 11 is 5.97. The summed E-state index contributed by atoms with van der Waals surface area (Å²) in [6.07, 6.45) is -1.99. The summed E-state index contributed by atoms with van der Waals surface area (Å²) in [6, 6.07) is 17.5. The molecule has 9 radical (unpaired) electrons. The van der Waals surface area contributed by atoms with E-state index in [1.165, 1.54) is 5.56 Å². The van der Waals surface area contributed by atoms with Gasteiger partial charge in [-0.2, -0.15) is 13.2 Å². The predicted molar refractivity (Wildman–Crippen MR) is 235 cm³/mol. The number of benzene rings is 3. The van der Waals surface area contributed by atoms with Crippen molar-refractivity contribution >= 4 is 71.5 Å². The van der Waals surface area contributed by atoms with Crippen LogP contribution in [0.1, 0.15) is 156 Å². The molecule has 0 saturated heterocycles. The number of rotatable bonds is 3. The van der Waals surface area contributed by atoms with E-state index in [4.69, 9.17) is 11.6 Å². The van der Waals surface area contributed by atoms with Crippen LogP contribution in [0.15, 0.2) is 60.7 Å². The molecule has 13 heteroatoms. The molecule has 59 heavy (non-hydrogen) atoms. The molecule has 3 aliphatic carbocycles. The Labute approximate surface area is 361 Å². The second kappa shape index (κ2) is 29.2. The van der Waals surface area contributed by atoms with Crippen LogP contribution in [0.4, 0.5) is 13.2 Å². The summed E-state index contributed by atoms with van der Waals surface area (Å²) in [5, 5.41) is 0.667. The maximum absolute atomic E-state index is 12.7. The molecule has 0 heterocycles. The highest BCUT2D eigenvalue weighted by Crippen LogP contribution is 2.36. The van der Waals surface area contributed by atoms with Crippen molar-refractivity contribution < 1.29 is 41.9 Å². The van der Waals surface area contributed by atoms with Crippen molar-refractivity contribution in [2.45, 2.75) is 144 Å². The van der Waals surface area contributed by atoms with Crippen molar-refractivity contribution in [1.82, 2.24) is 0 Å². The average molecular weight is 832 g/mol. The van der Waals surface area contributed by atoms with Crippen LogP contribution in [0.25, 0.3) is 0 Å². The Bertz CT molecular complexity index is 1760. The number of ketones is 6. The Morgan fingerprint density at radius 3 is 1.12 bits per heavy atom. The third-order valence-electron chi connectivity index (χ3n) is 8.98. The SMILES string of the molecule is CC.CC.CC.Cc1cc(C2CC(=O)CC(=O)C2)cc(C(F)(F)F)c1.Cc1cc(Cl)cc(C2CC(=O)CC(=O)C2)c1.Cc1cccc(C2CC(=O)CC(=O)C2)c1.[B].[B].[B]. The molecule has 0 N–H and O–H groups in total. The fourth-order valence-corrected chi connectivity index (χ4v) is 7.10. The van der Waals surface area contributed by atoms with Crippen LogP contribution in [0, 0.1) is 20.8 Å². The van der Waals surface area contributed by atoms with Gasteiger partial charge in [0.1, 0.15) is 34.7 Å². The highest BCUT2D eigenvalue weighted by molar-refractivity contribution is 6.30. The summed E-state index contributed by atoms with van der Waals surface area (Å²) in [6.45, 7) is 17.6. The first-order valence-electron chi connectivity index (χ1n) is 19.6. The molecule has 0 aromatic heterocycles. The lowest BCUT2D eigenvalue weighted by Gasteiger charge is -2.22. The van der Waals surface area contributed by atoms with Crippen LogP contribution in [-0.4, -0.2) is 59.9 Å². The Morgan fingerprint density at radius 2 is 0.780 bits per heavy atom. The Kier molecular flexibility index (Phi) is 29.4. The van der Waals surface area contributed by atoms with Gasteiger partial charge in [0.2, 0.25) is 0 Å². The molecule has 3 aliphatic rings. The fraction of sp³-hybridized carbons (Fsp3) is 0.478. The third kappa shape index (κ3) is 20.7. The number of Topliss-reactive ketones (excluding diaryl/α,β-unsaturated/α-hetero) is 6. The summed E-state index contributed by atoms with van der Waals surface area (Å²) < 4.78 is 38.2. The van der Waals surface area contributed by atoms with E-state index < -0.39 is 17.7 Å². The maximum Gasteiger partial charge on any atom is 0.416 e. The van der Waals surface area contributed by atoms with Gasteiger partial charge in [-0.25, -0.2) is 0 Å². The molecule has 3 fully saturated rings. The highest BCUT2D eigenvalue weighted by atomic mass is 35.5. The number of carbonyl (C=O) groups excluding carboxylic acids is 6. The quantitative estimate of drug-likeness (QED) is 0.192. The van der Waals surface area contributed by atoms with E-state index in [1.807, 2.05) is 91.8 Å². The number of halogens is 4. The molecule has 3 aromatic rings. The Balaban J connectivity index is -0.000000735. The standard InChI is InChI=1S/C14H13F3O2.C13H13ClO2.C13H14O2.3C2H6.3B/c1-8-2-9(4-11(3-8)14(15,16)17)10-5-12(18)7-13(19)6-10;1-8-2-9(4-11(14)3-8)10-5-12(15)7-13(16)6-10;1-9-3-2-4-10(5-9)11-6-12(14)8-13(15)7-11;3*1-2;;;/h2-4,10H,5-7H2,1H3;2-4,10H,5-7H2,1H3;2-5,11H,6-8H2,1H3;3*1-2H3;;;. The third-order valence-corrected chi connectivity index (χ3v) is 9.19. The Morgan fingerprint density at radius 1 is 0.458 bits per heavy atom. The molecular formula is C46H58B3ClF3O6. The van der Waals surface area contributed by atoms with Crippen molar-refractivity contribution in [1.29, 1.82) is 0 Å². The molecule has 0 spiro atoms. The van der Waals surface area contributed by atoms with Gasteiger partial charge in [0.15, 0.2) is 0 Å². The first-order chi connectivity index (χ1) is 26.4. The van der Waals surface area contributed by atoms with Gasteiger partial charge in [0.05, 0.1) is 24.8 Å². The zero-order valence-electron chi connectivity index (χ0n) is 36.1. The van der Waals surface area contributed by atoms with Crippen molar-refractivity contribution in [2.75, 3.05) is 0 Å². The second-order valence-electron chi connectivity index (χ2n) is 13.7. The van der Waals surface area contributed by atoms with Gasteiger partial charge in [-0.15, -0.1) is 0 Å². The topological polar surface area (TPSA) is 102 Å². The van der Waals surface area contributed by atoms with Crippen LogP contribution in [0.3, 0.4) is 0 Å². The molecule has 6 nitrogen and oxygen atoms in total. The normalized spacial score (nSPS) is 15.5. The van der Waals surface area contributed by atoms with E-state index in [1.54, 1.807) is 13.0 Å². The zero-order chi connectivity index (χ0) is 42.7. The van der Waals surface area contributed by atoms with E-state index in [2.05, 4.69) is 6.07 Å². The summed E-state index contributed by atoms with van der Waals surface area (Å²) in [5.41, 5.74) is 4.55. The largest absolute Gasteiger partial charge is 0.416 e. The van der Waals surface area contributed by atoms with Crippen molar-refractivity contribution in [3.05, 3.63) is 105 Å². The van der Waals surface area contributed by atoms with Crippen molar-refractivity contribution in [3.8, 4) is 0 Å². The van der Waals surface area contributed by atoms with E-state index in [0.717, 1.165) is 28.8 Å². The minimum atomic E-state index is -4.41. The minimum absolute atomic E-state index is 0. The van der Waals surface area contributed by atoms with Crippen LogP contribution in [0.2, 0.25) is 5.02 Å². The Hall–Kier alpha value is -4.05. The van der Waals surface area contributed by atoms with E-state index >= 15 is 0 Å². The van der Waals surface area contributed by atoms with Crippen molar-refractivity contribution in [2.24, 2.45) is 0 Å². The van der Waals surface area contributed by atoms with Gasteiger partial charge in [-0.1, -0.05) is 101 Å². The van der Waals surface area contributed by atoms with Crippen LogP contribution in [0.5, 0.6) is 0 Å². The van der Waals surface area contributed by atoms with Gasteiger partial charge in [-0.05, 0) is 85.0 Å². The lowest BCUT2D eigenvalue weighted by molar-refractivity contribution is -0.138. The lowest BCUT2D eigenvalue weighted by atomic mass is 9.81. The van der Waals surface area contributed by atoms with Gasteiger partial charge in [-0.3, -0.25) is 28.8 Å². The van der Waals surface area contributed by atoms with Crippen LogP contribution >= 0.6 is 11.6 Å². The lowest BCUT2D eigenvalue weighted by Crippen LogP contribution is -2.21. The molecule has 0 aliphatic heterocycles. The smallest absolute Gasteiger partial charge is 0.299 e. The molecule has 0 atom stereocenters. The van der Waals surface area contributed by atoms with Crippen molar-refractivity contribution in [3.63, 3.8) is 0 Å². The molecule has 3 aromatic carbocycles. The number of hydrogen-bond acceptors (Lipinski definition) is 6. The monoisotopic (exact) mass is 831 g/mol. The number of aryl methyl sites for hydroxylation is 3. The minimum Gasteiger partial charge on any atom is -0.299 e. The first kappa shape index (κ1) is 59.3. The van der Waals surface area contributed by atoms with E-state index in [-0.39, 0.29) is 104 Å². The zero-order valence-corrected chi connectivity index (χ0v) is 36.8. The molecule has 315 valence electrons. The number of hydrogen-bond donors (Lipinski definition) is 0. The average Bonchev–Trinajstić information content (AvgIpc) is 3.12. The van der Waals surface area contributed by atoms with Crippen LogP contribution < -0.4 is 0 Å². The predicted octanol–water partition coefficient (Wildman–Crippen LogP) is 10.8. The first-order valence-corrected chi connectivity index (χ1v) is 20.0. The van der Waals surface area contributed by atoms with Gasteiger partial charge >= 0.3 is 6.18 Å². The van der Waals surface area contributed by atoms with Crippen LogP contribution in [-0.2, 0) is 34.9 Å². The second-order valence-corrected chi connectivity index (χ2v) is 14.1. The molecular weight excluding hydrogens is 773 g/mol. The van der Waals surface area contributed by atoms with Gasteiger partial charge < -0.3 is 0 Å². The summed E-state index contributed by atoms with van der Waals surface area (Å²) in [5.74, 6) is -0.444. The van der Waals surface area contributed by atoms with E-state index in [9.17, 15) is 41.9 Å². The summed E-state index contributed by atoms with van der Waals surface area (Å²) in [4.78, 5) is 68.2. The number of alkyl halides is 3. The molecule has 6 rings (SSSR count). The van der Waals surface area contributed by atoms with E-state index in [0.29, 0.717) is 41.8 Å². The molecule has 0 bridgehead atoms. The molecule has 3 saturated carbocycles.